The van der Waals surface area contributed by atoms with Crippen molar-refractivity contribution in [3.63, 3.8) is 0 Å². The monoisotopic (exact) mass is 298 g/mol. The fraction of sp³-hybridized carbons (Fsp3) is 0.368. The minimum absolute atomic E-state index is 0.221. The summed E-state index contributed by atoms with van der Waals surface area (Å²) in [6.45, 7) is 1.95. The number of hydrogen-bond donors (Lipinski definition) is 2. The third-order valence-electron chi connectivity index (χ3n) is 3.92. The van der Waals surface area contributed by atoms with Gasteiger partial charge in [-0.1, -0.05) is 42.5 Å². The molecule has 2 N–H and O–H groups in total. The van der Waals surface area contributed by atoms with Crippen LogP contribution in [-0.4, -0.2) is 32.4 Å². The zero-order valence-corrected chi connectivity index (χ0v) is 13.5. The molecule has 0 heterocycles. The van der Waals surface area contributed by atoms with Gasteiger partial charge in [0.15, 0.2) is 0 Å². The lowest BCUT2D eigenvalue weighted by atomic mass is 9.96. The van der Waals surface area contributed by atoms with Gasteiger partial charge in [0.2, 0.25) is 0 Å². The van der Waals surface area contributed by atoms with E-state index in [-0.39, 0.29) is 6.61 Å². The number of benzene rings is 2. The first kappa shape index (κ1) is 16.5. The molecular formula is C19H26N2O. The fourth-order valence-electron chi connectivity index (χ4n) is 2.57. The predicted molar refractivity (Wildman–Crippen MR) is 93.4 cm³/mol. The van der Waals surface area contributed by atoms with Crippen LogP contribution in [0.5, 0.6) is 0 Å². The van der Waals surface area contributed by atoms with Crippen LogP contribution in [-0.2, 0) is 6.54 Å². The lowest BCUT2D eigenvalue weighted by Crippen LogP contribution is -2.22. The largest absolute Gasteiger partial charge is 0.396 e. The molecule has 1 atom stereocenters. The summed E-state index contributed by atoms with van der Waals surface area (Å²) in [6.07, 6.45) is 0.788. The molecule has 0 aromatic heterocycles. The third kappa shape index (κ3) is 4.86. The van der Waals surface area contributed by atoms with Crippen molar-refractivity contribution in [2.45, 2.75) is 18.9 Å². The SMILES string of the molecule is CN(C)c1ccc(CNCC(CCO)c2ccccc2)cc1. The van der Waals surface area contributed by atoms with Gasteiger partial charge >= 0.3 is 0 Å². The number of nitrogens with zero attached hydrogens (tertiary/aromatic N) is 1. The van der Waals surface area contributed by atoms with Crippen LogP contribution in [0.1, 0.15) is 23.5 Å². The number of rotatable bonds is 8. The first-order chi connectivity index (χ1) is 10.7. The van der Waals surface area contributed by atoms with Crippen LogP contribution in [0.4, 0.5) is 5.69 Å². The molecule has 0 bridgehead atoms. The lowest BCUT2D eigenvalue weighted by molar-refractivity contribution is 0.273. The standard InChI is InChI=1S/C19H26N2O/c1-21(2)19-10-8-16(9-11-19)14-20-15-18(12-13-22)17-6-4-3-5-7-17/h3-11,18,20,22H,12-15H2,1-2H3. The molecule has 0 aliphatic heterocycles. The number of aliphatic hydroxyl groups is 1. The van der Waals surface area contributed by atoms with Gasteiger partial charge in [-0.15, -0.1) is 0 Å². The second kappa shape index (κ2) is 8.57. The molecule has 3 heteroatoms. The van der Waals surface area contributed by atoms with Gasteiger partial charge < -0.3 is 15.3 Å². The molecule has 0 fully saturated rings. The van der Waals surface area contributed by atoms with E-state index < -0.39 is 0 Å². The van der Waals surface area contributed by atoms with Crippen molar-refractivity contribution >= 4 is 5.69 Å². The highest BCUT2D eigenvalue weighted by atomic mass is 16.3. The van der Waals surface area contributed by atoms with Crippen molar-refractivity contribution in [3.05, 3.63) is 65.7 Å². The van der Waals surface area contributed by atoms with E-state index in [0.29, 0.717) is 5.92 Å². The van der Waals surface area contributed by atoms with Gasteiger partial charge in [0, 0.05) is 39.5 Å². The molecule has 2 rings (SSSR count). The van der Waals surface area contributed by atoms with Gasteiger partial charge in [-0.25, -0.2) is 0 Å². The zero-order chi connectivity index (χ0) is 15.8. The zero-order valence-electron chi connectivity index (χ0n) is 13.5. The lowest BCUT2D eigenvalue weighted by Gasteiger charge is -2.17. The van der Waals surface area contributed by atoms with E-state index in [4.69, 9.17) is 0 Å². The molecule has 1 unspecified atom stereocenters. The van der Waals surface area contributed by atoms with E-state index in [1.54, 1.807) is 0 Å². The highest BCUT2D eigenvalue weighted by Gasteiger charge is 2.10. The van der Waals surface area contributed by atoms with Gasteiger partial charge in [-0.05, 0) is 35.6 Å². The number of hydrogen-bond acceptors (Lipinski definition) is 3. The summed E-state index contributed by atoms with van der Waals surface area (Å²) in [5.74, 6) is 0.354. The van der Waals surface area contributed by atoms with Crippen molar-refractivity contribution < 1.29 is 5.11 Å². The Morgan fingerprint density at radius 2 is 1.68 bits per heavy atom. The van der Waals surface area contributed by atoms with E-state index >= 15 is 0 Å². The maximum Gasteiger partial charge on any atom is 0.0437 e. The Kier molecular flexibility index (Phi) is 6.44. The average molecular weight is 298 g/mol. The molecule has 3 nitrogen and oxygen atoms in total. The molecule has 0 saturated carbocycles. The van der Waals surface area contributed by atoms with Crippen molar-refractivity contribution in [1.29, 1.82) is 0 Å². The second-order valence-corrected chi connectivity index (χ2v) is 5.81. The smallest absolute Gasteiger partial charge is 0.0437 e. The molecule has 0 spiro atoms. The van der Waals surface area contributed by atoms with E-state index in [0.717, 1.165) is 19.5 Å². The van der Waals surface area contributed by atoms with Crippen LogP contribution in [0.2, 0.25) is 0 Å². The maximum atomic E-state index is 9.26. The summed E-state index contributed by atoms with van der Waals surface area (Å²) >= 11 is 0. The third-order valence-corrected chi connectivity index (χ3v) is 3.92. The van der Waals surface area contributed by atoms with E-state index in [2.05, 4.69) is 58.7 Å². The number of anilines is 1. The Morgan fingerprint density at radius 1 is 1.00 bits per heavy atom. The van der Waals surface area contributed by atoms with Crippen molar-refractivity contribution in [1.82, 2.24) is 5.32 Å². The highest BCUT2D eigenvalue weighted by Crippen LogP contribution is 2.18. The first-order valence-electron chi connectivity index (χ1n) is 7.83. The van der Waals surface area contributed by atoms with Crippen molar-refractivity contribution in [3.8, 4) is 0 Å². The fourth-order valence-corrected chi connectivity index (χ4v) is 2.57. The van der Waals surface area contributed by atoms with E-state index in [9.17, 15) is 5.11 Å². The average Bonchev–Trinajstić information content (AvgIpc) is 2.55. The Hall–Kier alpha value is -1.84. The summed E-state index contributed by atoms with van der Waals surface area (Å²) in [5.41, 5.74) is 3.78. The van der Waals surface area contributed by atoms with Crippen molar-refractivity contribution in [2.24, 2.45) is 0 Å². The first-order valence-corrected chi connectivity index (χ1v) is 7.83. The molecule has 2 aromatic rings. The summed E-state index contributed by atoms with van der Waals surface area (Å²) in [7, 11) is 4.10. The van der Waals surface area contributed by atoms with Crippen LogP contribution >= 0.6 is 0 Å². The van der Waals surface area contributed by atoms with Crippen LogP contribution in [0.25, 0.3) is 0 Å². The van der Waals surface area contributed by atoms with Gasteiger partial charge in [0.25, 0.3) is 0 Å². The van der Waals surface area contributed by atoms with Gasteiger partial charge in [-0.3, -0.25) is 0 Å². The number of aliphatic hydroxyl groups excluding tert-OH is 1. The molecule has 0 amide bonds. The Balaban J connectivity index is 1.87. The quantitative estimate of drug-likeness (QED) is 0.786. The summed E-state index contributed by atoms with van der Waals surface area (Å²) < 4.78 is 0. The van der Waals surface area contributed by atoms with Crippen molar-refractivity contribution in [2.75, 3.05) is 32.1 Å². The molecule has 22 heavy (non-hydrogen) atoms. The Bertz CT molecular complexity index is 537. The van der Waals surface area contributed by atoms with E-state index in [1.807, 2.05) is 20.2 Å². The van der Waals surface area contributed by atoms with Crippen LogP contribution in [0, 0.1) is 0 Å². The second-order valence-electron chi connectivity index (χ2n) is 5.81. The van der Waals surface area contributed by atoms with Crippen LogP contribution in [0.15, 0.2) is 54.6 Å². The number of nitrogens with one attached hydrogen (secondary N) is 1. The summed E-state index contributed by atoms with van der Waals surface area (Å²) in [6, 6.07) is 19.0. The van der Waals surface area contributed by atoms with E-state index in [1.165, 1.54) is 16.8 Å². The molecular weight excluding hydrogens is 272 g/mol. The van der Waals surface area contributed by atoms with Gasteiger partial charge in [-0.2, -0.15) is 0 Å². The van der Waals surface area contributed by atoms with Crippen LogP contribution < -0.4 is 10.2 Å². The topological polar surface area (TPSA) is 35.5 Å². The van der Waals surface area contributed by atoms with Gasteiger partial charge in [0.1, 0.15) is 0 Å². The summed E-state index contributed by atoms with van der Waals surface area (Å²) in [5, 5.41) is 12.8. The molecule has 0 aliphatic carbocycles. The molecule has 0 saturated heterocycles. The van der Waals surface area contributed by atoms with Gasteiger partial charge in [0.05, 0.1) is 0 Å². The molecule has 2 aromatic carbocycles. The predicted octanol–water partition coefficient (Wildman–Crippen LogP) is 3.01. The normalized spacial score (nSPS) is 12.1. The molecule has 0 radical (unpaired) electrons. The molecule has 118 valence electrons. The minimum atomic E-state index is 0.221. The molecule has 0 aliphatic rings. The minimum Gasteiger partial charge on any atom is -0.396 e. The Morgan fingerprint density at radius 3 is 2.27 bits per heavy atom. The highest BCUT2D eigenvalue weighted by molar-refractivity contribution is 5.45. The Labute approximate surface area is 133 Å². The maximum absolute atomic E-state index is 9.26. The summed E-state index contributed by atoms with van der Waals surface area (Å²) in [4.78, 5) is 2.10. The van der Waals surface area contributed by atoms with Crippen LogP contribution in [0.3, 0.4) is 0 Å².